The molecule has 2 unspecified atom stereocenters. The molecule has 0 saturated carbocycles. The Kier molecular flexibility index (Phi) is 5.59. The highest BCUT2D eigenvalue weighted by atomic mass is 16.5. The first-order valence-electron chi connectivity index (χ1n) is 10.1. The second-order valence-corrected chi connectivity index (χ2v) is 7.70. The summed E-state index contributed by atoms with van der Waals surface area (Å²) >= 11 is 0. The molecular weight excluding hydrogens is 382 g/mol. The molecule has 2 atom stereocenters. The second-order valence-electron chi connectivity index (χ2n) is 7.70. The predicted molar refractivity (Wildman–Crippen MR) is 112 cm³/mol. The van der Waals surface area contributed by atoms with Gasteiger partial charge < -0.3 is 19.5 Å². The van der Waals surface area contributed by atoms with Gasteiger partial charge in [-0.2, -0.15) is 0 Å². The maximum Gasteiger partial charge on any atom is 0.295 e. The molecule has 4 rings (SSSR count). The number of Topliss-reactive ketones (excluding diaryl/α,β-unsaturated/α-hetero) is 1. The average Bonchev–Trinajstić information content (AvgIpc) is 3.25. The van der Waals surface area contributed by atoms with Gasteiger partial charge in [0.2, 0.25) is 0 Å². The van der Waals surface area contributed by atoms with Crippen LogP contribution in [-0.2, 0) is 20.7 Å². The lowest BCUT2D eigenvalue weighted by Gasteiger charge is -2.25. The number of amides is 1. The van der Waals surface area contributed by atoms with Crippen LogP contribution in [0.1, 0.15) is 36.1 Å². The van der Waals surface area contributed by atoms with Crippen molar-refractivity contribution in [2.75, 3.05) is 20.3 Å². The van der Waals surface area contributed by atoms with Gasteiger partial charge in [-0.1, -0.05) is 30.3 Å². The molecule has 0 aliphatic carbocycles. The van der Waals surface area contributed by atoms with E-state index in [9.17, 15) is 14.7 Å². The summed E-state index contributed by atoms with van der Waals surface area (Å²) in [6, 6.07) is 14.1. The number of fused-ring (bicyclic) bond motifs is 1. The van der Waals surface area contributed by atoms with E-state index in [1.54, 1.807) is 19.2 Å². The Balaban J connectivity index is 1.78. The van der Waals surface area contributed by atoms with Gasteiger partial charge in [0.05, 0.1) is 11.6 Å². The maximum absolute atomic E-state index is 13.0. The van der Waals surface area contributed by atoms with Crippen LogP contribution in [0.3, 0.4) is 0 Å². The zero-order valence-electron chi connectivity index (χ0n) is 17.1. The summed E-state index contributed by atoms with van der Waals surface area (Å²) in [6.45, 7) is 2.83. The minimum Gasteiger partial charge on any atom is -0.507 e. The van der Waals surface area contributed by atoms with Crippen LogP contribution in [0.15, 0.2) is 54.1 Å². The average molecular weight is 407 g/mol. The van der Waals surface area contributed by atoms with E-state index in [-0.39, 0.29) is 17.4 Å². The summed E-state index contributed by atoms with van der Waals surface area (Å²) in [6.07, 6.45) is 1.42. The van der Waals surface area contributed by atoms with E-state index < -0.39 is 17.7 Å². The van der Waals surface area contributed by atoms with Gasteiger partial charge in [0.1, 0.15) is 17.6 Å². The molecule has 1 amide bonds. The number of methoxy groups -OCH3 is 1. The van der Waals surface area contributed by atoms with E-state index in [0.717, 1.165) is 23.3 Å². The maximum atomic E-state index is 13.0. The molecule has 0 aromatic heterocycles. The summed E-state index contributed by atoms with van der Waals surface area (Å²) in [5, 5.41) is 11.1. The van der Waals surface area contributed by atoms with Crippen LogP contribution in [0, 0.1) is 0 Å². The molecule has 6 nitrogen and oxygen atoms in total. The van der Waals surface area contributed by atoms with E-state index in [1.165, 1.54) is 4.90 Å². The molecule has 0 radical (unpaired) electrons. The van der Waals surface area contributed by atoms with E-state index in [1.807, 2.05) is 43.3 Å². The van der Waals surface area contributed by atoms with Crippen LogP contribution in [-0.4, -0.2) is 48.1 Å². The Morgan fingerprint density at radius 1 is 1.20 bits per heavy atom. The minimum absolute atomic E-state index is 0.0769. The highest BCUT2D eigenvalue weighted by Crippen LogP contribution is 2.40. The number of hydrogen-bond donors (Lipinski definition) is 1. The summed E-state index contributed by atoms with van der Waals surface area (Å²) in [5.74, 6) is -0.624. The van der Waals surface area contributed by atoms with Crippen LogP contribution < -0.4 is 4.74 Å². The second kappa shape index (κ2) is 8.32. The first-order valence-corrected chi connectivity index (χ1v) is 10.1. The normalized spacial score (nSPS) is 22.3. The van der Waals surface area contributed by atoms with E-state index in [4.69, 9.17) is 9.47 Å². The minimum atomic E-state index is -0.663. The van der Waals surface area contributed by atoms with Crippen LogP contribution in [0.5, 0.6) is 5.75 Å². The van der Waals surface area contributed by atoms with E-state index >= 15 is 0 Å². The zero-order valence-corrected chi connectivity index (χ0v) is 17.1. The number of carbonyl (C=O) groups excluding carboxylic acids is 2. The summed E-state index contributed by atoms with van der Waals surface area (Å²) < 4.78 is 10.8. The highest BCUT2D eigenvalue weighted by molar-refractivity contribution is 6.46. The fourth-order valence-electron chi connectivity index (χ4n) is 4.20. The van der Waals surface area contributed by atoms with Gasteiger partial charge in [0.25, 0.3) is 11.7 Å². The predicted octanol–water partition coefficient (Wildman–Crippen LogP) is 3.47. The third-order valence-electron chi connectivity index (χ3n) is 5.57. The van der Waals surface area contributed by atoms with Gasteiger partial charge in [-0.3, -0.25) is 9.59 Å². The fourth-order valence-corrected chi connectivity index (χ4v) is 4.20. The van der Waals surface area contributed by atoms with Crippen molar-refractivity contribution in [2.45, 2.75) is 31.9 Å². The Hall–Kier alpha value is -3.12. The third kappa shape index (κ3) is 3.59. The van der Waals surface area contributed by atoms with Crippen LogP contribution >= 0.6 is 0 Å². The Morgan fingerprint density at radius 2 is 1.97 bits per heavy atom. The number of nitrogens with zero attached hydrogens (tertiary/aromatic N) is 1. The number of carbonyl (C=O) groups is 2. The number of benzene rings is 2. The number of ether oxygens (including phenoxy) is 2. The van der Waals surface area contributed by atoms with Crippen molar-refractivity contribution in [1.29, 1.82) is 0 Å². The molecule has 1 fully saturated rings. The summed E-state index contributed by atoms with van der Waals surface area (Å²) in [4.78, 5) is 27.3. The topological polar surface area (TPSA) is 76.1 Å². The lowest BCUT2D eigenvalue weighted by Crippen LogP contribution is -2.31. The van der Waals surface area contributed by atoms with Crippen LogP contribution in [0.25, 0.3) is 5.76 Å². The quantitative estimate of drug-likeness (QED) is 0.343. The third-order valence-corrected chi connectivity index (χ3v) is 5.57. The molecule has 156 valence electrons. The molecule has 0 bridgehead atoms. The fraction of sp³-hybridized carbons (Fsp3) is 0.333. The standard InChI is InChI=1S/C24H25NO5/c1-15-13-18-14-17(9-10-19(18)30-15)22(26)20-21(16-7-4-3-5-8-16)25(11-6-12-29-2)24(28)23(20)27/h3-5,7-10,14-15,21,26H,6,11-13H2,1-2H3. The molecule has 2 aromatic rings. The molecule has 30 heavy (non-hydrogen) atoms. The summed E-state index contributed by atoms with van der Waals surface area (Å²) in [5.41, 5.74) is 2.41. The van der Waals surface area contributed by atoms with Gasteiger partial charge in [-0.05, 0) is 42.7 Å². The largest absolute Gasteiger partial charge is 0.507 e. The van der Waals surface area contributed by atoms with Crippen LogP contribution in [0.4, 0.5) is 0 Å². The first kappa shape index (κ1) is 20.2. The number of aliphatic hydroxyl groups is 1. The van der Waals surface area contributed by atoms with Crippen molar-refractivity contribution in [3.8, 4) is 5.75 Å². The number of ketones is 1. The molecule has 1 N–H and O–H groups in total. The van der Waals surface area contributed by atoms with Crippen molar-refractivity contribution < 1.29 is 24.2 Å². The Morgan fingerprint density at radius 3 is 2.70 bits per heavy atom. The van der Waals surface area contributed by atoms with Crippen molar-refractivity contribution >= 4 is 17.4 Å². The molecule has 2 aliphatic rings. The molecule has 2 aliphatic heterocycles. The van der Waals surface area contributed by atoms with Gasteiger partial charge in [0.15, 0.2) is 0 Å². The molecule has 2 aromatic carbocycles. The lowest BCUT2D eigenvalue weighted by atomic mass is 9.94. The number of aliphatic hydroxyl groups excluding tert-OH is 1. The number of hydrogen-bond acceptors (Lipinski definition) is 5. The molecule has 6 heteroatoms. The van der Waals surface area contributed by atoms with Gasteiger partial charge in [-0.15, -0.1) is 0 Å². The molecule has 1 saturated heterocycles. The monoisotopic (exact) mass is 407 g/mol. The van der Waals surface area contributed by atoms with Gasteiger partial charge >= 0.3 is 0 Å². The highest BCUT2D eigenvalue weighted by Gasteiger charge is 2.45. The summed E-state index contributed by atoms with van der Waals surface area (Å²) in [7, 11) is 1.60. The van der Waals surface area contributed by atoms with Gasteiger partial charge in [0, 0.05) is 32.2 Å². The molecule has 2 heterocycles. The smallest absolute Gasteiger partial charge is 0.295 e. The SMILES string of the molecule is COCCCN1C(=O)C(=O)C(=C(O)c2ccc3c(c2)CC(C)O3)C1c1ccccc1. The van der Waals surface area contributed by atoms with E-state index in [0.29, 0.717) is 25.1 Å². The molecule has 0 spiro atoms. The van der Waals surface area contributed by atoms with Crippen LogP contribution in [0.2, 0.25) is 0 Å². The van der Waals surface area contributed by atoms with Crippen molar-refractivity contribution in [3.63, 3.8) is 0 Å². The van der Waals surface area contributed by atoms with E-state index in [2.05, 4.69) is 0 Å². The Labute approximate surface area is 175 Å². The van der Waals surface area contributed by atoms with Crippen molar-refractivity contribution in [1.82, 2.24) is 4.90 Å². The Bertz CT molecular complexity index is 998. The zero-order chi connectivity index (χ0) is 21.3. The lowest BCUT2D eigenvalue weighted by molar-refractivity contribution is -0.140. The first-order chi connectivity index (χ1) is 14.5. The molecular formula is C24H25NO5. The van der Waals surface area contributed by atoms with Gasteiger partial charge in [-0.25, -0.2) is 0 Å². The van der Waals surface area contributed by atoms with Crippen molar-refractivity contribution in [3.05, 3.63) is 70.8 Å². The number of likely N-dealkylation sites (tertiary alicyclic amines) is 1. The van der Waals surface area contributed by atoms with Crippen molar-refractivity contribution in [2.24, 2.45) is 0 Å². The number of rotatable bonds is 6.